The van der Waals surface area contributed by atoms with Crippen molar-refractivity contribution < 1.29 is 13.2 Å². The van der Waals surface area contributed by atoms with Gasteiger partial charge in [-0.25, -0.2) is 17.9 Å². The van der Waals surface area contributed by atoms with Gasteiger partial charge in [0.15, 0.2) is 0 Å². The van der Waals surface area contributed by atoms with Gasteiger partial charge < -0.3 is 5.32 Å². The molecular formula is C20H12Cl3N3O4S2. The quantitative estimate of drug-likeness (QED) is 0.364. The molecule has 2 aromatic heterocycles. The van der Waals surface area contributed by atoms with E-state index in [1.807, 2.05) is 4.72 Å². The second-order valence-corrected chi connectivity index (χ2v) is 11.0. The van der Waals surface area contributed by atoms with Crippen LogP contribution >= 0.6 is 46.1 Å². The van der Waals surface area contributed by atoms with Crippen LogP contribution in [0.3, 0.4) is 0 Å². The summed E-state index contributed by atoms with van der Waals surface area (Å²) in [7, 11) is -4.07. The molecule has 2 aromatic carbocycles. The summed E-state index contributed by atoms with van der Waals surface area (Å²) in [5.74, 6) is 0. The molecule has 2 amide bonds. The van der Waals surface area contributed by atoms with E-state index in [4.69, 9.17) is 34.8 Å². The number of benzene rings is 2. The minimum Gasteiger partial charge on any atom is -0.307 e. The first kappa shape index (κ1) is 22.6. The van der Waals surface area contributed by atoms with E-state index < -0.39 is 16.1 Å². The number of pyridine rings is 1. The number of amides is 2. The lowest BCUT2D eigenvalue weighted by Crippen LogP contribution is -2.33. The molecule has 2 N–H and O–H groups in total. The summed E-state index contributed by atoms with van der Waals surface area (Å²) >= 11 is 18.9. The Morgan fingerprint density at radius 2 is 1.75 bits per heavy atom. The molecule has 0 atom stereocenters. The third kappa shape index (κ3) is 4.62. The lowest BCUT2D eigenvalue weighted by molar-refractivity contribution is 0.256. The summed E-state index contributed by atoms with van der Waals surface area (Å²) in [5, 5.41) is 4.16. The van der Waals surface area contributed by atoms with Gasteiger partial charge in [-0.2, -0.15) is 0 Å². The molecule has 0 spiro atoms. The summed E-state index contributed by atoms with van der Waals surface area (Å²) in [6.45, 7) is 0. The number of halogens is 3. The Bertz CT molecular complexity index is 1530. The van der Waals surface area contributed by atoms with Gasteiger partial charge in [-0.3, -0.25) is 9.36 Å². The number of rotatable bonds is 4. The van der Waals surface area contributed by atoms with Gasteiger partial charge in [0, 0.05) is 22.3 Å². The number of hydrogen-bond donors (Lipinski definition) is 2. The van der Waals surface area contributed by atoms with Crippen LogP contribution in [-0.4, -0.2) is 19.0 Å². The minimum atomic E-state index is -4.07. The fraction of sp³-hybridized carbons (Fsp3) is 0. The first-order valence-corrected chi connectivity index (χ1v) is 12.3. The number of thiophene rings is 1. The van der Waals surface area contributed by atoms with Crippen LogP contribution < -0.4 is 15.6 Å². The molecule has 0 bridgehead atoms. The van der Waals surface area contributed by atoms with E-state index in [1.165, 1.54) is 34.9 Å². The molecule has 12 heteroatoms. The van der Waals surface area contributed by atoms with E-state index in [0.717, 1.165) is 16.7 Å². The van der Waals surface area contributed by atoms with Crippen molar-refractivity contribution in [3.63, 3.8) is 0 Å². The Balaban J connectivity index is 1.58. The molecule has 0 fully saturated rings. The number of hydrogen-bond acceptors (Lipinski definition) is 5. The number of carbonyl (C=O) groups excluding carboxylic acids is 1. The van der Waals surface area contributed by atoms with Crippen molar-refractivity contribution in [2.24, 2.45) is 0 Å². The Labute approximate surface area is 201 Å². The molecule has 32 heavy (non-hydrogen) atoms. The van der Waals surface area contributed by atoms with Gasteiger partial charge >= 0.3 is 6.03 Å². The lowest BCUT2D eigenvalue weighted by atomic mass is 10.1. The highest BCUT2D eigenvalue weighted by Crippen LogP contribution is 2.27. The van der Waals surface area contributed by atoms with Crippen LogP contribution in [0.4, 0.5) is 10.5 Å². The number of nitrogens with one attached hydrogen (secondary N) is 2. The van der Waals surface area contributed by atoms with Gasteiger partial charge in [-0.05, 0) is 53.9 Å². The number of urea groups is 1. The molecule has 0 aliphatic carbocycles. The van der Waals surface area contributed by atoms with E-state index in [2.05, 4.69) is 5.32 Å². The fourth-order valence-electron chi connectivity index (χ4n) is 2.95. The Hall–Kier alpha value is -2.56. The number of fused-ring (bicyclic) bond motifs is 1. The van der Waals surface area contributed by atoms with Crippen LogP contribution in [0.1, 0.15) is 0 Å². The molecule has 4 rings (SSSR count). The average molecular weight is 529 g/mol. The highest BCUT2D eigenvalue weighted by molar-refractivity contribution is 7.92. The summed E-state index contributed by atoms with van der Waals surface area (Å²) in [6.07, 6.45) is 1.58. The van der Waals surface area contributed by atoms with Gasteiger partial charge in [-0.1, -0.05) is 40.9 Å². The number of aromatic nitrogens is 1. The van der Waals surface area contributed by atoms with Crippen LogP contribution in [0, 0.1) is 0 Å². The van der Waals surface area contributed by atoms with Gasteiger partial charge in [-0.15, -0.1) is 11.3 Å². The molecule has 0 saturated heterocycles. The van der Waals surface area contributed by atoms with Crippen molar-refractivity contribution in [3.05, 3.63) is 85.5 Å². The van der Waals surface area contributed by atoms with Gasteiger partial charge in [0.05, 0.1) is 15.0 Å². The SMILES string of the molecule is O=C(Nc1ccc(-n2ccc3ccc(Cl)cc3c2=O)c(Cl)c1)NS(=O)(=O)c1ccc(Cl)s1. The summed E-state index contributed by atoms with van der Waals surface area (Å²) in [5.41, 5.74) is 0.295. The van der Waals surface area contributed by atoms with Crippen molar-refractivity contribution in [1.29, 1.82) is 0 Å². The minimum absolute atomic E-state index is 0.0955. The van der Waals surface area contributed by atoms with E-state index in [1.54, 1.807) is 30.5 Å². The molecule has 0 aliphatic heterocycles. The third-order valence-electron chi connectivity index (χ3n) is 4.37. The zero-order chi connectivity index (χ0) is 23.0. The molecule has 4 aromatic rings. The van der Waals surface area contributed by atoms with Gasteiger partial charge in [0.2, 0.25) is 0 Å². The first-order chi connectivity index (χ1) is 15.1. The molecule has 2 heterocycles. The second kappa shape index (κ2) is 8.76. The van der Waals surface area contributed by atoms with Crippen molar-refractivity contribution in [1.82, 2.24) is 9.29 Å². The standard InChI is InChI=1S/C20H12Cl3N3O4S2/c21-12-2-1-11-7-8-26(19(27)14(11)9-12)16-4-3-13(10-15(16)22)24-20(28)25-32(29,30)18-6-5-17(23)31-18/h1-10H,(H2,24,25,28). The number of sulfonamides is 1. The lowest BCUT2D eigenvalue weighted by Gasteiger charge is -2.12. The topological polar surface area (TPSA) is 97.3 Å². The highest BCUT2D eigenvalue weighted by atomic mass is 35.5. The summed E-state index contributed by atoms with van der Waals surface area (Å²) in [6, 6.07) is 12.9. The molecule has 164 valence electrons. The van der Waals surface area contributed by atoms with Gasteiger partial charge in [0.1, 0.15) is 4.21 Å². The van der Waals surface area contributed by atoms with Crippen LogP contribution in [0.5, 0.6) is 0 Å². The average Bonchev–Trinajstić information content (AvgIpc) is 3.16. The van der Waals surface area contributed by atoms with Crippen LogP contribution in [0.15, 0.2) is 69.8 Å². The maximum atomic E-state index is 12.9. The van der Waals surface area contributed by atoms with E-state index in [-0.39, 0.29) is 24.8 Å². The number of carbonyl (C=O) groups is 1. The molecule has 0 aliphatic rings. The van der Waals surface area contributed by atoms with Crippen LogP contribution in [-0.2, 0) is 10.0 Å². The largest absolute Gasteiger partial charge is 0.333 e. The smallest absolute Gasteiger partial charge is 0.307 e. The second-order valence-electron chi connectivity index (χ2n) is 6.51. The molecule has 7 nitrogen and oxygen atoms in total. The predicted octanol–water partition coefficient (Wildman–Crippen LogP) is 5.52. The Kier molecular flexibility index (Phi) is 6.19. The van der Waals surface area contributed by atoms with E-state index in [0.29, 0.717) is 16.1 Å². The normalized spacial score (nSPS) is 11.5. The first-order valence-electron chi connectivity index (χ1n) is 8.84. The number of anilines is 1. The maximum Gasteiger partial charge on any atom is 0.333 e. The van der Waals surface area contributed by atoms with Gasteiger partial charge in [0.25, 0.3) is 15.6 Å². The maximum absolute atomic E-state index is 12.9. The molecule has 0 unspecified atom stereocenters. The Morgan fingerprint density at radius 1 is 0.969 bits per heavy atom. The fourth-order valence-corrected chi connectivity index (χ4v) is 5.79. The van der Waals surface area contributed by atoms with Crippen molar-refractivity contribution in [3.8, 4) is 5.69 Å². The van der Waals surface area contributed by atoms with Crippen molar-refractivity contribution in [2.45, 2.75) is 4.21 Å². The zero-order valence-electron chi connectivity index (χ0n) is 15.8. The zero-order valence-corrected chi connectivity index (χ0v) is 19.7. The van der Waals surface area contributed by atoms with Crippen LogP contribution in [0.25, 0.3) is 16.5 Å². The van der Waals surface area contributed by atoms with E-state index >= 15 is 0 Å². The van der Waals surface area contributed by atoms with Crippen molar-refractivity contribution >= 4 is 78.7 Å². The third-order valence-corrected chi connectivity index (χ3v) is 7.97. The Morgan fingerprint density at radius 3 is 2.44 bits per heavy atom. The monoisotopic (exact) mass is 527 g/mol. The summed E-state index contributed by atoms with van der Waals surface area (Å²) < 4.78 is 27.9. The molecule has 0 radical (unpaired) electrons. The van der Waals surface area contributed by atoms with E-state index in [9.17, 15) is 18.0 Å². The summed E-state index contributed by atoms with van der Waals surface area (Å²) in [4.78, 5) is 25.0. The predicted molar refractivity (Wildman–Crippen MR) is 128 cm³/mol. The highest BCUT2D eigenvalue weighted by Gasteiger charge is 2.20. The number of nitrogens with zero attached hydrogens (tertiary/aromatic N) is 1. The molecule has 0 saturated carbocycles. The van der Waals surface area contributed by atoms with Crippen molar-refractivity contribution in [2.75, 3.05) is 5.32 Å². The molecular weight excluding hydrogens is 517 g/mol. The van der Waals surface area contributed by atoms with Crippen LogP contribution in [0.2, 0.25) is 14.4 Å².